The second-order valence-electron chi connectivity index (χ2n) is 10.0. The molecule has 5 nitrogen and oxygen atoms in total. The molecule has 1 spiro atoms. The molecule has 0 amide bonds. The molecule has 1 saturated heterocycles. The summed E-state index contributed by atoms with van der Waals surface area (Å²) in [5.74, 6) is -0.824. The lowest BCUT2D eigenvalue weighted by Crippen LogP contribution is -2.48. The van der Waals surface area contributed by atoms with Crippen molar-refractivity contribution in [2.24, 2.45) is 5.41 Å². The number of rotatable bonds is 4. The maximum Gasteiger partial charge on any atom is 0.195 e. The van der Waals surface area contributed by atoms with Crippen molar-refractivity contribution in [1.82, 2.24) is 0 Å². The molecule has 2 aliphatic heterocycles. The minimum atomic E-state index is -1.54. The molecule has 1 aliphatic carbocycles. The highest BCUT2D eigenvalue weighted by Gasteiger charge is 2.71. The molecule has 4 aromatic rings. The summed E-state index contributed by atoms with van der Waals surface area (Å²) in [4.78, 5) is 46.2. The van der Waals surface area contributed by atoms with Crippen LogP contribution in [0.4, 0.5) is 5.69 Å². The SMILES string of the molecule is COc1cccc([C@@H]2[C@H](C(=O)c3cccs3)N3c4ccc(Cl)cc4C=C[C@@H]3C23C(=O)c2ccccc2C3=O)c1. The number of carbonyl (C=O) groups excluding carboxylic acids is 3. The highest BCUT2D eigenvalue weighted by molar-refractivity contribution is 7.12. The van der Waals surface area contributed by atoms with Gasteiger partial charge in [-0.3, -0.25) is 14.4 Å². The Morgan fingerprint density at radius 2 is 1.72 bits per heavy atom. The van der Waals surface area contributed by atoms with Crippen molar-refractivity contribution in [2.75, 3.05) is 12.0 Å². The van der Waals surface area contributed by atoms with E-state index >= 15 is 0 Å². The summed E-state index contributed by atoms with van der Waals surface area (Å²) in [5, 5.41) is 2.43. The van der Waals surface area contributed by atoms with Crippen LogP contribution in [0.25, 0.3) is 6.08 Å². The molecule has 0 saturated carbocycles. The molecule has 0 radical (unpaired) electrons. The Hall–Kier alpha value is -4.00. The van der Waals surface area contributed by atoms with Gasteiger partial charge in [0.2, 0.25) is 0 Å². The molecule has 1 fully saturated rings. The Kier molecular flexibility index (Phi) is 5.41. The summed E-state index contributed by atoms with van der Waals surface area (Å²) in [6, 6.07) is 22.0. The van der Waals surface area contributed by atoms with Crippen molar-refractivity contribution in [1.29, 1.82) is 0 Å². The third-order valence-electron chi connectivity index (χ3n) is 8.25. The second kappa shape index (κ2) is 8.76. The number of Topliss-reactive ketones (excluding diaryl/α,β-unsaturated/α-hetero) is 3. The lowest BCUT2D eigenvalue weighted by molar-refractivity contribution is 0.0666. The zero-order valence-electron chi connectivity index (χ0n) is 20.8. The smallest absolute Gasteiger partial charge is 0.195 e. The van der Waals surface area contributed by atoms with Gasteiger partial charge < -0.3 is 9.64 Å². The number of hydrogen-bond acceptors (Lipinski definition) is 6. The monoisotopic (exact) mass is 551 g/mol. The molecule has 0 bridgehead atoms. The largest absolute Gasteiger partial charge is 0.497 e. The van der Waals surface area contributed by atoms with Crippen LogP contribution in [0.15, 0.2) is 90.3 Å². The van der Waals surface area contributed by atoms with Gasteiger partial charge in [0.25, 0.3) is 0 Å². The van der Waals surface area contributed by atoms with E-state index in [9.17, 15) is 14.4 Å². The molecule has 0 N–H and O–H groups in total. The molecule has 39 heavy (non-hydrogen) atoms. The predicted molar refractivity (Wildman–Crippen MR) is 152 cm³/mol. The molecule has 1 aromatic heterocycles. The summed E-state index contributed by atoms with van der Waals surface area (Å²) in [6.07, 6.45) is 3.81. The number of nitrogens with zero attached hydrogens (tertiary/aromatic N) is 1. The van der Waals surface area contributed by atoms with Crippen LogP contribution < -0.4 is 9.64 Å². The maximum absolute atomic E-state index is 14.6. The Bertz CT molecular complexity index is 1670. The number of benzene rings is 3. The van der Waals surface area contributed by atoms with Gasteiger partial charge in [-0.25, -0.2) is 0 Å². The van der Waals surface area contributed by atoms with Crippen LogP contribution >= 0.6 is 22.9 Å². The number of thiophene rings is 1. The third kappa shape index (κ3) is 3.22. The molecule has 7 heteroatoms. The molecule has 7 rings (SSSR count). The van der Waals surface area contributed by atoms with E-state index in [2.05, 4.69) is 0 Å². The number of methoxy groups -OCH3 is 1. The molecular formula is C32H22ClNO4S. The van der Waals surface area contributed by atoms with Crippen molar-refractivity contribution in [3.63, 3.8) is 0 Å². The maximum atomic E-state index is 14.6. The zero-order valence-corrected chi connectivity index (χ0v) is 22.4. The summed E-state index contributed by atoms with van der Waals surface area (Å²) < 4.78 is 5.54. The van der Waals surface area contributed by atoms with E-state index < -0.39 is 23.4 Å². The normalized spacial score (nSPS) is 22.1. The molecule has 0 unspecified atom stereocenters. The Balaban J connectivity index is 1.56. The second-order valence-corrected chi connectivity index (χ2v) is 11.4. The van der Waals surface area contributed by atoms with E-state index in [0.717, 1.165) is 11.3 Å². The number of halogens is 1. The zero-order chi connectivity index (χ0) is 26.9. The number of anilines is 1. The van der Waals surface area contributed by atoms with E-state index in [1.54, 1.807) is 43.5 Å². The van der Waals surface area contributed by atoms with Crippen molar-refractivity contribution in [3.8, 4) is 5.75 Å². The molecular weight excluding hydrogens is 530 g/mol. The van der Waals surface area contributed by atoms with Crippen molar-refractivity contribution in [2.45, 2.75) is 18.0 Å². The van der Waals surface area contributed by atoms with Crippen LogP contribution in [0.3, 0.4) is 0 Å². The van der Waals surface area contributed by atoms with E-state index in [1.165, 1.54) is 11.3 Å². The Morgan fingerprint density at radius 1 is 0.949 bits per heavy atom. The van der Waals surface area contributed by atoms with Gasteiger partial charge in [-0.05, 0) is 52.9 Å². The van der Waals surface area contributed by atoms with Gasteiger partial charge in [0.1, 0.15) is 17.2 Å². The highest BCUT2D eigenvalue weighted by Crippen LogP contribution is 2.61. The minimum absolute atomic E-state index is 0.132. The summed E-state index contributed by atoms with van der Waals surface area (Å²) in [6.45, 7) is 0. The fourth-order valence-corrected chi connectivity index (χ4v) is 7.60. The van der Waals surface area contributed by atoms with Gasteiger partial charge in [0, 0.05) is 27.8 Å². The third-order valence-corrected chi connectivity index (χ3v) is 9.37. The van der Waals surface area contributed by atoms with Gasteiger partial charge >= 0.3 is 0 Å². The van der Waals surface area contributed by atoms with Crippen LogP contribution in [-0.4, -0.2) is 36.5 Å². The first-order valence-electron chi connectivity index (χ1n) is 12.6. The summed E-state index contributed by atoms with van der Waals surface area (Å²) >= 11 is 7.70. The van der Waals surface area contributed by atoms with Crippen molar-refractivity contribution in [3.05, 3.63) is 122 Å². The number of hydrogen-bond donors (Lipinski definition) is 0. The van der Waals surface area contributed by atoms with E-state index in [4.69, 9.17) is 16.3 Å². The topological polar surface area (TPSA) is 63.7 Å². The fraction of sp³-hybridized carbons (Fsp3) is 0.156. The first-order valence-corrected chi connectivity index (χ1v) is 13.9. The summed E-state index contributed by atoms with van der Waals surface area (Å²) in [7, 11) is 1.57. The van der Waals surface area contributed by atoms with Crippen LogP contribution in [0.1, 0.15) is 47.4 Å². The first-order chi connectivity index (χ1) is 19.0. The van der Waals surface area contributed by atoms with Gasteiger partial charge in [-0.1, -0.05) is 66.2 Å². The fourth-order valence-electron chi connectivity index (χ4n) is 6.72. The summed E-state index contributed by atoms with van der Waals surface area (Å²) in [5.41, 5.74) is 1.56. The number of ketones is 3. The molecule has 3 heterocycles. The van der Waals surface area contributed by atoms with Crippen molar-refractivity contribution < 1.29 is 19.1 Å². The molecule has 3 aromatic carbocycles. The van der Waals surface area contributed by atoms with E-state index in [0.29, 0.717) is 32.3 Å². The standard InChI is InChI=1S/C32H22ClNO4S/c1-38-21-7-4-6-19(17-21)27-28(29(35)25-10-5-15-39-25)34-24-13-12-20(33)16-18(24)11-14-26(34)32(27)30(36)22-8-2-3-9-23(22)31(32)37/h2-17,26-28H,1H3/t26-,27-,28-/m1/s1. The van der Waals surface area contributed by atoms with Crippen LogP contribution in [-0.2, 0) is 0 Å². The highest BCUT2D eigenvalue weighted by atomic mass is 35.5. The van der Waals surface area contributed by atoms with Gasteiger partial charge in [-0.15, -0.1) is 11.3 Å². The lowest BCUT2D eigenvalue weighted by atomic mass is 9.64. The van der Waals surface area contributed by atoms with E-state index in [1.807, 2.05) is 64.9 Å². The predicted octanol–water partition coefficient (Wildman–Crippen LogP) is 6.73. The molecule has 3 aliphatic rings. The van der Waals surface area contributed by atoms with Crippen LogP contribution in [0, 0.1) is 5.41 Å². The van der Waals surface area contributed by atoms with Crippen LogP contribution in [0.5, 0.6) is 5.75 Å². The first kappa shape index (κ1) is 24.1. The van der Waals surface area contributed by atoms with Gasteiger partial charge in [0.05, 0.1) is 18.0 Å². The number of carbonyl (C=O) groups is 3. The molecule has 192 valence electrons. The Labute approximate surface area is 234 Å². The lowest BCUT2D eigenvalue weighted by Gasteiger charge is -2.37. The van der Waals surface area contributed by atoms with Crippen molar-refractivity contribution >= 4 is 52.1 Å². The average molecular weight is 552 g/mol. The van der Waals surface area contributed by atoms with E-state index in [-0.39, 0.29) is 17.3 Å². The minimum Gasteiger partial charge on any atom is -0.497 e. The number of ether oxygens (including phenoxy) is 1. The number of fused-ring (bicyclic) bond motifs is 5. The average Bonchev–Trinajstić information content (AvgIpc) is 3.66. The van der Waals surface area contributed by atoms with Gasteiger partial charge in [-0.2, -0.15) is 0 Å². The van der Waals surface area contributed by atoms with Gasteiger partial charge in [0.15, 0.2) is 17.3 Å². The molecule has 3 atom stereocenters. The van der Waals surface area contributed by atoms with Crippen LogP contribution in [0.2, 0.25) is 5.02 Å². The Morgan fingerprint density at radius 3 is 2.41 bits per heavy atom. The quantitative estimate of drug-likeness (QED) is 0.208.